The van der Waals surface area contributed by atoms with E-state index in [0.29, 0.717) is 13.2 Å². The number of nitrogens with zero attached hydrogens (tertiary/aromatic N) is 4. The summed E-state index contributed by atoms with van der Waals surface area (Å²) in [6.45, 7) is 4.87. The molecule has 2 aromatic rings. The first kappa shape index (κ1) is 18.9. The SMILES string of the molecule is CCOc1ccc(CN(C)C(=O)Cn2ncc(N3CCCC3)cc2=O)cc1. The second-order valence-corrected chi connectivity index (χ2v) is 6.73. The van der Waals surface area contributed by atoms with Gasteiger partial charge in [0.05, 0.1) is 18.5 Å². The number of likely N-dealkylation sites (N-methyl/N-ethyl adjacent to an activating group) is 1. The minimum atomic E-state index is -0.248. The van der Waals surface area contributed by atoms with E-state index in [-0.39, 0.29) is 18.0 Å². The molecule has 0 atom stereocenters. The van der Waals surface area contributed by atoms with Gasteiger partial charge in [-0.2, -0.15) is 5.10 Å². The molecule has 1 saturated heterocycles. The summed E-state index contributed by atoms with van der Waals surface area (Å²) < 4.78 is 6.64. The molecule has 0 radical (unpaired) electrons. The Bertz CT molecular complexity index is 826. The molecule has 0 saturated carbocycles. The maximum absolute atomic E-state index is 12.5. The molecule has 1 aromatic heterocycles. The molecule has 1 aromatic carbocycles. The number of amides is 1. The fourth-order valence-electron chi connectivity index (χ4n) is 3.16. The van der Waals surface area contributed by atoms with Gasteiger partial charge in [-0.3, -0.25) is 9.59 Å². The first-order valence-electron chi connectivity index (χ1n) is 9.34. The van der Waals surface area contributed by atoms with E-state index in [2.05, 4.69) is 10.00 Å². The van der Waals surface area contributed by atoms with Gasteiger partial charge in [-0.1, -0.05) is 12.1 Å². The summed E-state index contributed by atoms with van der Waals surface area (Å²) in [5.74, 6) is 0.650. The van der Waals surface area contributed by atoms with Crippen molar-refractivity contribution in [2.45, 2.75) is 32.9 Å². The van der Waals surface area contributed by atoms with Crippen molar-refractivity contribution in [3.63, 3.8) is 0 Å². The van der Waals surface area contributed by atoms with Gasteiger partial charge >= 0.3 is 0 Å². The molecule has 27 heavy (non-hydrogen) atoms. The van der Waals surface area contributed by atoms with Crippen molar-refractivity contribution in [1.82, 2.24) is 14.7 Å². The molecule has 7 heteroatoms. The summed E-state index contributed by atoms with van der Waals surface area (Å²) >= 11 is 0. The third kappa shape index (κ3) is 4.87. The van der Waals surface area contributed by atoms with Crippen molar-refractivity contribution in [3.8, 4) is 5.75 Å². The average Bonchev–Trinajstić information content (AvgIpc) is 3.20. The van der Waals surface area contributed by atoms with E-state index in [4.69, 9.17) is 4.74 Å². The van der Waals surface area contributed by atoms with Gasteiger partial charge in [-0.25, -0.2) is 4.68 Å². The molecule has 7 nitrogen and oxygen atoms in total. The maximum Gasteiger partial charge on any atom is 0.269 e. The standard InChI is InChI=1S/C20H26N4O3/c1-3-27-18-8-6-16(7-9-18)14-22(2)20(26)15-24-19(25)12-17(13-21-24)23-10-4-5-11-23/h6-9,12-13H,3-5,10-11,14-15H2,1-2H3. The zero-order valence-corrected chi connectivity index (χ0v) is 15.9. The van der Waals surface area contributed by atoms with E-state index >= 15 is 0 Å². The molecule has 0 unspecified atom stereocenters. The number of hydrogen-bond donors (Lipinski definition) is 0. The average molecular weight is 370 g/mol. The highest BCUT2D eigenvalue weighted by atomic mass is 16.5. The molecule has 0 aliphatic carbocycles. The number of aromatic nitrogens is 2. The van der Waals surface area contributed by atoms with Crippen LogP contribution in [0.5, 0.6) is 5.75 Å². The van der Waals surface area contributed by atoms with E-state index in [0.717, 1.165) is 42.9 Å². The van der Waals surface area contributed by atoms with Crippen LogP contribution < -0.4 is 15.2 Å². The molecular formula is C20H26N4O3. The Kier molecular flexibility index (Phi) is 6.11. The summed E-state index contributed by atoms with van der Waals surface area (Å²) in [6, 6.07) is 9.21. The number of ether oxygens (including phenoxy) is 1. The van der Waals surface area contributed by atoms with Gasteiger partial charge in [-0.15, -0.1) is 0 Å². The fourth-order valence-corrected chi connectivity index (χ4v) is 3.16. The maximum atomic E-state index is 12.5. The zero-order valence-electron chi connectivity index (χ0n) is 15.9. The predicted molar refractivity (Wildman–Crippen MR) is 104 cm³/mol. The second kappa shape index (κ2) is 8.70. The van der Waals surface area contributed by atoms with Gasteiger partial charge < -0.3 is 14.5 Å². The number of benzene rings is 1. The highest BCUT2D eigenvalue weighted by molar-refractivity contribution is 5.75. The lowest BCUT2D eigenvalue weighted by atomic mass is 10.2. The third-order valence-electron chi connectivity index (χ3n) is 4.69. The van der Waals surface area contributed by atoms with E-state index in [1.54, 1.807) is 24.2 Å². The largest absolute Gasteiger partial charge is 0.494 e. The molecule has 1 aliphatic rings. The molecule has 1 aliphatic heterocycles. The molecule has 2 heterocycles. The van der Waals surface area contributed by atoms with E-state index in [9.17, 15) is 9.59 Å². The zero-order chi connectivity index (χ0) is 19.2. The Labute approximate surface area is 159 Å². The Morgan fingerprint density at radius 2 is 1.93 bits per heavy atom. The lowest BCUT2D eigenvalue weighted by Gasteiger charge is -2.19. The highest BCUT2D eigenvalue weighted by Gasteiger charge is 2.16. The van der Waals surface area contributed by atoms with Crippen molar-refractivity contribution in [2.24, 2.45) is 0 Å². The van der Waals surface area contributed by atoms with Crippen LogP contribution in [0, 0.1) is 0 Å². The number of carbonyl (C=O) groups excluding carboxylic acids is 1. The minimum Gasteiger partial charge on any atom is -0.494 e. The Morgan fingerprint density at radius 1 is 1.22 bits per heavy atom. The summed E-state index contributed by atoms with van der Waals surface area (Å²) in [5.41, 5.74) is 1.59. The smallest absolute Gasteiger partial charge is 0.269 e. The number of carbonyl (C=O) groups is 1. The summed E-state index contributed by atoms with van der Waals surface area (Å²) in [6.07, 6.45) is 3.95. The predicted octanol–water partition coefficient (Wildman–Crippen LogP) is 1.90. The first-order chi connectivity index (χ1) is 13.1. The van der Waals surface area contributed by atoms with Crippen molar-refractivity contribution >= 4 is 11.6 Å². The minimum absolute atomic E-state index is 0.0629. The number of anilines is 1. The topological polar surface area (TPSA) is 67.7 Å². The normalized spacial score (nSPS) is 13.6. The summed E-state index contributed by atoms with van der Waals surface area (Å²) in [7, 11) is 1.72. The van der Waals surface area contributed by atoms with Crippen LogP contribution in [-0.4, -0.2) is 47.3 Å². The van der Waals surface area contributed by atoms with Gasteiger partial charge in [0.15, 0.2) is 0 Å². The number of rotatable bonds is 7. The van der Waals surface area contributed by atoms with Gasteiger partial charge in [0.25, 0.3) is 5.56 Å². The van der Waals surface area contributed by atoms with Crippen LogP contribution in [0.3, 0.4) is 0 Å². The van der Waals surface area contributed by atoms with Gasteiger partial charge in [0.2, 0.25) is 5.91 Å². The van der Waals surface area contributed by atoms with Crippen molar-refractivity contribution in [1.29, 1.82) is 0 Å². The van der Waals surface area contributed by atoms with Crippen LogP contribution in [0.25, 0.3) is 0 Å². The second-order valence-electron chi connectivity index (χ2n) is 6.73. The molecule has 1 amide bonds. The lowest BCUT2D eigenvalue weighted by molar-refractivity contribution is -0.131. The van der Waals surface area contributed by atoms with Crippen LogP contribution in [0.4, 0.5) is 5.69 Å². The van der Waals surface area contributed by atoms with Crippen LogP contribution in [-0.2, 0) is 17.9 Å². The summed E-state index contributed by atoms with van der Waals surface area (Å²) in [5, 5.41) is 4.18. The molecular weight excluding hydrogens is 344 g/mol. The molecule has 0 bridgehead atoms. The van der Waals surface area contributed by atoms with Crippen LogP contribution in [0.15, 0.2) is 41.3 Å². The Hall–Kier alpha value is -2.83. The van der Waals surface area contributed by atoms with Crippen molar-refractivity contribution < 1.29 is 9.53 Å². The van der Waals surface area contributed by atoms with E-state index in [1.165, 1.54) is 4.68 Å². The van der Waals surface area contributed by atoms with Crippen LogP contribution in [0.2, 0.25) is 0 Å². The van der Waals surface area contributed by atoms with E-state index in [1.807, 2.05) is 31.2 Å². The van der Waals surface area contributed by atoms with Crippen molar-refractivity contribution in [3.05, 3.63) is 52.4 Å². The summed E-state index contributed by atoms with van der Waals surface area (Å²) in [4.78, 5) is 28.5. The van der Waals surface area contributed by atoms with Gasteiger partial charge in [-0.05, 0) is 37.5 Å². The first-order valence-corrected chi connectivity index (χ1v) is 9.34. The monoisotopic (exact) mass is 370 g/mol. The Morgan fingerprint density at radius 3 is 2.56 bits per heavy atom. The van der Waals surface area contributed by atoms with E-state index < -0.39 is 0 Å². The van der Waals surface area contributed by atoms with Crippen molar-refractivity contribution in [2.75, 3.05) is 31.6 Å². The lowest BCUT2D eigenvalue weighted by Crippen LogP contribution is -2.35. The van der Waals surface area contributed by atoms with Crippen LogP contribution in [0.1, 0.15) is 25.3 Å². The fraction of sp³-hybridized carbons (Fsp3) is 0.450. The van der Waals surface area contributed by atoms with Crippen LogP contribution >= 0.6 is 0 Å². The highest BCUT2D eigenvalue weighted by Crippen LogP contribution is 2.17. The quantitative estimate of drug-likeness (QED) is 0.745. The third-order valence-corrected chi connectivity index (χ3v) is 4.69. The molecule has 1 fully saturated rings. The molecule has 144 valence electrons. The van der Waals surface area contributed by atoms with Gasteiger partial charge in [0.1, 0.15) is 12.3 Å². The molecule has 0 N–H and O–H groups in total. The Balaban J connectivity index is 1.59. The number of hydrogen-bond acceptors (Lipinski definition) is 5. The molecule has 3 rings (SSSR count). The molecule has 0 spiro atoms. The van der Waals surface area contributed by atoms with Gasteiger partial charge in [0, 0.05) is 32.7 Å².